The molecule has 0 N–H and O–H groups in total. The lowest BCUT2D eigenvalue weighted by Crippen LogP contribution is -2.47. The van der Waals surface area contributed by atoms with E-state index in [4.69, 9.17) is 0 Å². The monoisotopic (exact) mass is 432 g/mol. The number of piperazine rings is 1. The van der Waals surface area contributed by atoms with Crippen LogP contribution in [0.25, 0.3) is 0 Å². The summed E-state index contributed by atoms with van der Waals surface area (Å²) in [5, 5.41) is 0. The van der Waals surface area contributed by atoms with E-state index in [2.05, 4.69) is 41.2 Å². The predicted octanol–water partition coefficient (Wildman–Crippen LogP) is 2.91. The molecule has 2 aromatic rings. The largest absolute Gasteiger partial charge is 0.340 e. The molecule has 0 unspecified atom stereocenters. The number of benzene rings is 1. The molecule has 0 saturated carbocycles. The number of amides is 2. The van der Waals surface area contributed by atoms with Crippen LogP contribution in [0.5, 0.6) is 0 Å². The smallest absolute Gasteiger partial charge is 0.255 e. The Kier molecular flexibility index (Phi) is 5.72. The molecule has 168 valence electrons. The molecule has 1 aliphatic carbocycles. The van der Waals surface area contributed by atoms with Crippen LogP contribution in [0.3, 0.4) is 0 Å². The lowest BCUT2D eigenvalue weighted by molar-refractivity contribution is -0.133. The summed E-state index contributed by atoms with van der Waals surface area (Å²) in [4.78, 5) is 36.4. The third kappa shape index (κ3) is 3.92. The van der Waals surface area contributed by atoms with Crippen molar-refractivity contribution in [3.63, 3.8) is 0 Å². The zero-order valence-electron chi connectivity index (χ0n) is 18.9. The Balaban J connectivity index is 1.29. The van der Waals surface area contributed by atoms with Crippen LogP contribution >= 0.6 is 0 Å². The Morgan fingerprint density at radius 2 is 1.72 bits per heavy atom. The van der Waals surface area contributed by atoms with E-state index in [9.17, 15) is 9.59 Å². The Labute approximate surface area is 190 Å². The number of nitrogens with zero attached hydrogens (tertiary/aromatic N) is 4. The van der Waals surface area contributed by atoms with Crippen molar-refractivity contribution in [3.8, 4) is 0 Å². The van der Waals surface area contributed by atoms with Crippen LogP contribution in [-0.4, -0.2) is 77.8 Å². The minimum atomic E-state index is 0.0704. The molecule has 3 heterocycles. The molecule has 1 atom stereocenters. The molecule has 32 heavy (non-hydrogen) atoms. The highest BCUT2D eigenvalue weighted by Crippen LogP contribution is 2.52. The molecule has 0 bridgehead atoms. The van der Waals surface area contributed by atoms with Gasteiger partial charge in [-0.3, -0.25) is 14.6 Å². The first-order chi connectivity index (χ1) is 15.6. The average molecular weight is 433 g/mol. The van der Waals surface area contributed by atoms with E-state index in [1.165, 1.54) is 11.1 Å². The second-order valence-electron chi connectivity index (χ2n) is 9.69. The number of carbonyl (C=O) groups is 2. The van der Waals surface area contributed by atoms with Crippen LogP contribution in [0.1, 0.15) is 53.1 Å². The molecule has 1 spiro atoms. The Morgan fingerprint density at radius 3 is 2.44 bits per heavy atom. The van der Waals surface area contributed by atoms with Crippen molar-refractivity contribution in [3.05, 3.63) is 65.5 Å². The number of likely N-dealkylation sites (N-methyl/N-ethyl adjacent to an activating group) is 1. The van der Waals surface area contributed by atoms with Crippen LogP contribution in [0, 0.1) is 0 Å². The maximum Gasteiger partial charge on any atom is 0.255 e. The number of likely N-dealkylation sites (tertiary alicyclic amines) is 1. The lowest BCUT2D eigenvalue weighted by atomic mass is 9.73. The van der Waals surface area contributed by atoms with Gasteiger partial charge in [-0.2, -0.15) is 0 Å². The summed E-state index contributed by atoms with van der Waals surface area (Å²) in [6.07, 6.45) is 6.87. The van der Waals surface area contributed by atoms with Crippen molar-refractivity contribution < 1.29 is 9.59 Å². The summed E-state index contributed by atoms with van der Waals surface area (Å²) in [6, 6.07) is 12.4. The second kappa shape index (κ2) is 8.66. The van der Waals surface area contributed by atoms with E-state index in [1.807, 2.05) is 21.9 Å². The van der Waals surface area contributed by atoms with E-state index in [0.717, 1.165) is 58.5 Å². The van der Waals surface area contributed by atoms with E-state index >= 15 is 0 Å². The van der Waals surface area contributed by atoms with Crippen molar-refractivity contribution in [2.45, 2.75) is 37.0 Å². The van der Waals surface area contributed by atoms with Crippen molar-refractivity contribution in [1.29, 1.82) is 0 Å². The van der Waals surface area contributed by atoms with Crippen LogP contribution in [0.15, 0.2) is 48.8 Å². The van der Waals surface area contributed by atoms with Gasteiger partial charge >= 0.3 is 0 Å². The summed E-state index contributed by atoms with van der Waals surface area (Å²) in [5.41, 5.74) is 3.49. The summed E-state index contributed by atoms with van der Waals surface area (Å²) < 4.78 is 0. The predicted molar refractivity (Wildman–Crippen MR) is 124 cm³/mol. The van der Waals surface area contributed by atoms with Gasteiger partial charge in [0.1, 0.15) is 0 Å². The van der Waals surface area contributed by atoms with Crippen molar-refractivity contribution in [2.24, 2.45) is 0 Å². The highest BCUT2D eigenvalue weighted by atomic mass is 16.2. The molecule has 3 aliphatic rings. The Morgan fingerprint density at radius 1 is 0.969 bits per heavy atom. The maximum atomic E-state index is 13.1. The molecular formula is C26H32N4O2. The van der Waals surface area contributed by atoms with Gasteiger partial charge in [0.2, 0.25) is 5.91 Å². The molecule has 6 nitrogen and oxygen atoms in total. The van der Waals surface area contributed by atoms with Gasteiger partial charge in [-0.05, 0) is 60.9 Å². The highest BCUT2D eigenvalue weighted by molar-refractivity contribution is 5.94. The average Bonchev–Trinajstić information content (AvgIpc) is 3.13. The number of pyridine rings is 1. The minimum absolute atomic E-state index is 0.0704. The molecule has 2 fully saturated rings. The van der Waals surface area contributed by atoms with Gasteiger partial charge in [0.15, 0.2) is 0 Å². The quantitative estimate of drug-likeness (QED) is 0.748. The maximum absolute atomic E-state index is 13.1. The zero-order valence-corrected chi connectivity index (χ0v) is 18.9. The fraction of sp³-hybridized carbons (Fsp3) is 0.500. The molecule has 6 heteroatoms. The van der Waals surface area contributed by atoms with Gasteiger partial charge in [-0.15, -0.1) is 0 Å². The van der Waals surface area contributed by atoms with Gasteiger partial charge in [0.25, 0.3) is 5.91 Å². The molecule has 2 aliphatic heterocycles. The van der Waals surface area contributed by atoms with E-state index in [0.29, 0.717) is 17.9 Å². The number of fused-ring (bicyclic) bond motifs is 2. The first-order valence-corrected chi connectivity index (χ1v) is 11.8. The third-order valence-electron chi connectivity index (χ3n) is 7.80. The fourth-order valence-corrected chi connectivity index (χ4v) is 5.89. The summed E-state index contributed by atoms with van der Waals surface area (Å²) in [5.74, 6) is 0.638. The van der Waals surface area contributed by atoms with Crippen molar-refractivity contribution >= 4 is 11.8 Å². The summed E-state index contributed by atoms with van der Waals surface area (Å²) in [6.45, 7) is 5.08. The molecular weight excluding hydrogens is 400 g/mol. The van der Waals surface area contributed by atoms with Gasteiger partial charge in [0.05, 0.1) is 5.56 Å². The van der Waals surface area contributed by atoms with E-state index in [-0.39, 0.29) is 17.2 Å². The topological polar surface area (TPSA) is 56.8 Å². The molecule has 5 rings (SSSR count). The summed E-state index contributed by atoms with van der Waals surface area (Å²) >= 11 is 0. The Hall–Kier alpha value is -2.73. The normalized spacial score (nSPS) is 22.7. The van der Waals surface area contributed by atoms with Crippen LogP contribution < -0.4 is 0 Å². The lowest BCUT2D eigenvalue weighted by Gasteiger charge is -2.40. The van der Waals surface area contributed by atoms with Gasteiger partial charge < -0.3 is 14.7 Å². The number of hydrogen-bond donors (Lipinski definition) is 0. The summed E-state index contributed by atoms with van der Waals surface area (Å²) in [7, 11) is 2.12. The zero-order chi connectivity index (χ0) is 22.1. The number of piperidine rings is 1. The molecule has 1 aromatic heterocycles. The second-order valence-corrected chi connectivity index (χ2v) is 9.69. The van der Waals surface area contributed by atoms with Crippen molar-refractivity contribution in [2.75, 3.05) is 46.3 Å². The fourth-order valence-electron chi connectivity index (χ4n) is 5.89. The number of hydrogen-bond acceptors (Lipinski definition) is 4. The third-order valence-corrected chi connectivity index (χ3v) is 7.80. The SMILES string of the molecule is CN1CCN(C(=O)C[C@H]2CC3(CCN(C(=O)c4cccnc4)CC3)c3ccccc32)CC1. The van der Waals surface area contributed by atoms with Gasteiger partial charge in [-0.25, -0.2) is 0 Å². The van der Waals surface area contributed by atoms with Gasteiger partial charge in [-0.1, -0.05) is 24.3 Å². The number of rotatable bonds is 3. The van der Waals surface area contributed by atoms with Crippen LogP contribution in [-0.2, 0) is 10.2 Å². The van der Waals surface area contributed by atoms with Gasteiger partial charge in [0, 0.05) is 58.1 Å². The van der Waals surface area contributed by atoms with E-state index in [1.54, 1.807) is 12.4 Å². The molecule has 2 amide bonds. The van der Waals surface area contributed by atoms with Crippen LogP contribution in [0.2, 0.25) is 0 Å². The standard InChI is InChI=1S/C26H32N4O2/c1-28-13-15-29(16-14-28)24(31)17-21-18-26(23-7-3-2-6-22(21)23)8-11-30(12-9-26)25(32)20-5-4-10-27-19-20/h2-7,10,19,21H,8-9,11-18H2,1H3/t21-/m0/s1. The number of aromatic nitrogens is 1. The first kappa shape index (κ1) is 21.1. The first-order valence-electron chi connectivity index (χ1n) is 11.8. The minimum Gasteiger partial charge on any atom is -0.340 e. The molecule has 0 radical (unpaired) electrons. The highest BCUT2D eigenvalue weighted by Gasteiger charge is 2.46. The van der Waals surface area contributed by atoms with Crippen LogP contribution in [0.4, 0.5) is 0 Å². The number of carbonyl (C=O) groups excluding carboxylic acids is 2. The van der Waals surface area contributed by atoms with Crippen molar-refractivity contribution in [1.82, 2.24) is 19.7 Å². The molecule has 1 aromatic carbocycles. The molecule has 2 saturated heterocycles. The van der Waals surface area contributed by atoms with E-state index < -0.39 is 0 Å². The Bertz CT molecular complexity index is 976.